The van der Waals surface area contributed by atoms with Crippen LogP contribution in [0.5, 0.6) is 11.5 Å². The van der Waals surface area contributed by atoms with Gasteiger partial charge in [0.05, 0.1) is 20.8 Å². The van der Waals surface area contributed by atoms with E-state index in [2.05, 4.69) is 4.84 Å². The molecule has 0 spiro atoms. The van der Waals surface area contributed by atoms with Gasteiger partial charge in [0.2, 0.25) is 0 Å². The summed E-state index contributed by atoms with van der Waals surface area (Å²) in [5, 5.41) is 0. The lowest BCUT2D eigenvalue weighted by molar-refractivity contribution is 0.141. The van der Waals surface area contributed by atoms with Crippen LogP contribution in [0.4, 0.5) is 0 Å². The predicted molar refractivity (Wildman–Crippen MR) is 62.9 cm³/mol. The highest BCUT2D eigenvalue weighted by molar-refractivity contribution is 5.53. The summed E-state index contributed by atoms with van der Waals surface area (Å²) in [7, 11) is 3.28. The summed E-state index contributed by atoms with van der Waals surface area (Å²) in [4.78, 5) is 4.61. The third-order valence-electron chi connectivity index (χ3n) is 2.73. The van der Waals surface area contributed by atoms with Crippen LogP contribution in [-0.4, -0.2) is 20.8 Å². The van der Waals surface area contributed by atoms with Crippen molar-refractivity contribution >= 4 is 0 Å². The fraction of sp³-hybridized carbons (Fsp3) is 0.500. The van der Waals surface area contributed by atoms with Crippen molar-refractivity contribution in [3.63, 3.8) is 0 Å². The summed E-state index contributed by atoms with van der Waals surface area (Å²) >= 11 is 0. The van der Waals surface area contributed by atoms with Crippen molar-refractivity contribution in [1.82, 2.24) is 0 Å². The number of nitrogens with two attached hydrogens (primary N) is 1. The van der Waals surface area contributed by atoms with Crippen LogP contribution in [0.25, 0.3) is 0 Å². The Hall–Kier alpha value is -1.26. The lowest BCUT2D eigenvalue weighted by Crippen LogP contribution is -2.07. The molecule has 4 heteroatoms. The van der Waals surface area contributed by atoms with Gasteiger partial charge in [0, 0.05) is 0 Å². The van der Waals surface area contributed by atoms with Crippen molar-refractivity contribution < 1.29 is 14.3 Å². The topological polar surface area (TPSA) is 53.7 Å². The SMILES string of the molecule is COc1cc(C)c(CCON)c(C)c1OC. The van der Waals surface area contributed by atoms with Crippen LogP contribution in [0.2, 0.25) is 0 Å². The minimum Gasteiger partial charge on any atom is -0.493 e. The van der Waals surface area contributed by atoms with Gasteiger partial charge in [0.25, 0.3) is 0 Å². The first-order valence-electron chi connectivity index (χ1n) is 5.18. The van der Waals surface area contributed by atoms with Crippen LogP contribution in [0.3, 0.4) is 0 Å². The zero-order valence-corrected chi connectivity index (χ0v) is 10.3. The third-order valence-corrected chi connectivity index (χ3v) is 2.73. The van der Waals surface area contributed by atoms with E-state index < -0.39 is 0 Å². The molecular formula is C12H19NO3. The van der Waals surface area contributed by atoms with Gasteiger partial charge >= 0.3 is 0 Å². The van der Waals surface area contributed by atoms with Gasteiger partial charge in [0.15, 0.2) is 11.5 Å². The van der Waals surface area contributed by atoms with Crippen LogP contribution < -0.4 is 15.4 Å². The van der Waals surface area contributed by atoms with Crippen molar-refractivity contribution in [1.29, 1.82) is 0 Å². The zero-order chi connectivity index (χ0) is 12.1. The molecule has 16 heavy (non-hydrogen) atoms. The van der Waals surface area contributed by atoms with Crippen molar-refractivity contribution in [2.75, 3.05) is 20.8 Å². The van der Waals surface area contributed by atoms with Gasteiger partial charge in [-0.05, 0) is 43.0 Å². The molecule has 0 fully saturated rings. The maximum absolute atomic E-state index is 5.35. The molecule has 0 amide bonds. The first-order valence-corrected chi connectivity index (χ1v) is 5.18. The lowest BCUT2D eigenvalue weighted by Gasteiger charge is -2.16. The van der Waals surface area contributed by atoms with E-state index in [9.17, 15) is 0 Å². The second-order valence-electron chi connectivity index (χ2n) is 3.65. The number of methoxy groups -OCH3 is 2. The van der Waals surface area contributed by atoms with Crippen molar-refractivity contribution in [2.45, 2.75) is 20.3 Å². The first kappa shape index (κ1) is 12.8. The molecule has 0 saturated heterocycles. The summed E-state index contributed by atoms with van der Waals surface area (Å²) < 4.78 is 10.6. The van der Waals surface area contributed by atoms with Gasteiger partial charge in [-0.2, -0.15) is 0 Å². The average molecular weight is 225 g/mol. The Bertz CT molecular complexity index is 364. The molecule has 0 radical (unpaired) electrons. The van der Waals surface area contributed by atoms with Crippen LogP contribution in [-0.2, 0) is 11.3 Å². The molecule has 4 nitrogen and oxygen atoms in total. The molecule has 0 aromatic heterocycles. The molecule has 0 heterocycles. The van der Waals surface area contributed by atoms with E-state index in [4.69, 9.17) is 15.4 Å². The Morgan fingerprint density at radius 3 is 2.38 bits per heavy atom. The molecule has 2 N–H and O–H groups in total. The highest BCUT2D eigenvalue weighted by Gasteiger charge is 2.13. The molecule has 0 atom stereocenters. The monoisotopic (exact) mass is 225 g/mol. The maximum atomic E-state index is 5.35. The van der Waals surface area contributed by atoms with Crippen molar-refractivity contribution in [3.8, 4) is 11.5 Å². The predicted octanol–water partition coefficient (Wildman–Crippen LogP) is 1.75. The molecular weight excluding hydrogens is 206 g/mol. The van der Waals surface area contributed by atoms with Gasteiger partial charge in [-0.3, -0.25) is 0 Å². The summed E-state index contributed by atoms with van der Waals surface area (Å²) in [5.74, 6) is 6.58. The number of hydrogen-bond acceptors (Lipinski definition) is 4. The Kier molecular flexibility index (Phi) is 4.58. The molecule has 0 unspecified atom stereocenters. The number of ether oxygens (including phenoxy) is 2. The summed E-state index contributed by atoms with van der Waals surface area (Å²) in [6.45, 7) is 4.55. The third kappa shape index (κ3) is 2.46. The van der Waals surface area contributed by atoms with Crippen molar-refractivity contribution in [3.05, 3.63) is 22.8 Å². The molecule has 0 aliphatic carbocycles. The van der Waals surface area contributed by atoms with E-state index in [1.54, 1.807) is 14.2 Å². The van der Waals surface area contributed by atoms with Crippen LogP contribution in [0.15, 0.2) is 6.07 Å². The number of aryl methyl sites for hydroxylation is 1. The first-order chi connectivity index (χ1) is 7.65. The van der Waals surface area contributed by atoms with Crippen LogP contribution in [0, 0.1) is 13.8 Å². The molecule has 0 aliphatic rings. The molecule has 90 valence electrons. The average Bonchev–Trinajstić information content (AvgIpc) is 2.28. The quantitative estimate of drug-likeness (QED) is 0.776. The molecule has 0 saturated carbocycles. The normalized spacial score (nSPS) is 10.3. The highest BCUT2D eigenvalue weighted by Crippen LogP contribution is 2.35. The smallest absolute Gasteiger partial charge is 0.163 e. The molecule has 1 aromatic carbocycles. The van der Waals surface area contributed by atoms with Crippen molar-refractivity contribution in [2.24, 2.45) is 5.90 Å². The lowest BCUT2D eigenvalue weighted by atomic mass is 9.98. The van der Waals surface area contributed by atoms with E-state index in [-0.39, 0.29) is 0 Å². The minimum atomic E-state index is 0.497. The Morgan fingerprint density at radius 1 is 1.19 bits per heavy atom. The largest absolute Gasteiger partial charge is 0.493 e. The molecule has 0 bridgehead atoms. The summed E-state index contributed by atoms with van der Waals surface area (Å²) in [6.07, 6.45) is 0.772. The zero-order valence-electron chi connectivity index (χ0n) is 10.3. The van der Waals surface area contributed by atoms with Gasteiger partial charge in [-0.25, -0.2) is 5.90 Å². The highest BCUT2D eigenvalue weighted by atomic mass is 16.6. The maximum Gasteiger partial charge on any atom is 0.163 e. The molecule has 1 aromatic rings. The van der Waals surface area contributed by atoms with E-state index in [0.717, 1.165) is 29.0 Å². The van der Waals surface area contributed by atoms with Crippen LogP contribution >= 0.6 is 0 Å². The molecule has 1 rings (SSSR count). The van der Waals surface area contributed by atoms with E-state index >= 15 is 0 Å². The number of rotatable bonds is 5. The standard InChI is InChI=1S/C12H19NO3/c1-8-7-11(14-3)12(15-4)9(2)10(8)5-6-16-13/h7H,5-6,13H2,1-4H3. The minimum absolute atomic E-state index is 0.497. The van der Waals surface area contributed by atoms with Crippen LogP contribution in [0.1, 0.15) is 16.7 Å². The Balaban J connectivity index is 3.18. The fourth-order valence-corrected chi connectivity index (χ4v) is 1.92. The summed E-state index contributed by atoms with van der Waals surface area (Å²) in [5.41, 5.74) is 3.44. The Morgan fingerprint density at radius 2 is 1.88 bits per heavy atom. The van der Waals surface area contributed by atoms with E-state index in [0.29, 0.717) is 6.61 Å². The summed E-state index contributed by atoms with van der Waals surface area (Å²) in [6, 6.07) is 1.97. The van der Waals surface area contributed by atoms with E-state index in [1.165, 1.54) is 5.56 Å². The van der Waals surface area contributed by atoms with E-state index in [1.807, 2.05) is 19.9 Å². The number of benzene rings is 1. The van der Waals surface area contributed by atoms with Gasteiger partial charge in [-0.15, -0.1) is 0 Å². The van der Waals surface area contributed by atoms with Gasteiger partial charge in [0.1, 0.15) is 0 Å². The number of hydrogen-bond donors (Lipinski definition) is 1. The second kappa shape index (κ2) is 5.72. The fourth-order valence-electron chi connectivity index (χ4n) is 1.92. The van der Waals surface area contributed by atoms with Gasteiger partial charge < -0.3 is 14.3 Å². The second-order valence-corrected chi connectivity index (χ2v) is 3.65. The Labute approximate surface area is 96.3 Å². The van der Waals surface area contributed by atoms with Gasteiger partial charge in [-0.1, -0.05) is 0 Å². The molecule has 0 aliphatic heterocycles.